The average Bonchev–Trinajstić information content (AvgIpc) is 2.71. The van der Waals surface area contributed by atoms with E-state index >= 15 is 0 Å². The number of nitrogens with two attached hydrogens (primary N) is 1. The summed E-state index contributed by atoms with van der Waals surface area (Å²) in [6, 6.07) is -0.0818. The Labute approximate surface area is 119 Å². The van der Waals surface area contributed by atoms with Crippen molar-refractivity contribution in [1.29, 1.82) is 0 Å². The molecular weight excluding hydrogens is 258 g/mol. The molecule has 4 atom stereocenters. The Hall–Kier alpha value is -1.30. The lowest BCUT2D eigenvalue weighted by Crippen LogP contribution is -2.50. The standard InChI is InChI=1S/C14H25N3O3/c1-2-3-9-8-10(15)4-5-12(9)17-7-6-11(13(17)18)16-14(19)20/h9-12,16H,2-8,15H2,1H3,(H,19,20)/t9-,10+,11-,12-/m0/s1. The quantitative estimate of drug-likeness (QED) is 0.721. The summed E-state index contributed by atoms with van der Waals surface area (Å²) in [5.74, 6) is 0.394. The highest BCUT2D eigenvalue weighted by atomic mass is 16.4. The van der Waals surface area contributed by atoms with Crippen LogP contribution >= 0.6 is 0 Å². The van der Waals surface area contributed by atoms with Crippen molar-refractivity contribution >= 4 is 12.0 Å². The molecule has 6 nitrogen and oxygen atoms in total. The largest absolute Gasteiger partial charge is 0.465 e. The van der Waals surface area contributed by atoms with Crippen LogP contribution in [0.1, 0.15) is 45.4 Å². The van der Waals surface area contributed by atoms with Gasteiger partial charge in [-0.15, -0.1) is 0 Å². The third-order valence-corrected chi connectivity index (χ3v) is 4.58. The molecule has 20 heavy (non-hydrogen) atoms. The van der Waals surface area contributed by atoms with Crippen LogP contribution in [0.5, 0.6) is 0 Å². The first kappa shape index (κ1) is 15.1. The predicted molar refractivity (Wildman–Crippen MR) is 75.3 cm³/mol. The molecule has 0 aromatic heterocycles. The summed E-state index contributed by atoms with van der Waals surface area (Å²) >= 11 is 0. The Morgan fingerprint density at radius 1 is 1.45 bits per heavy atom. The van der Waals surface area contributed by atoms with E-state index in [1.807, 2.05) is 4.90 Å². The molecule has 0 radical (unpaired) electrons. The molecule has 2 amide bonds. The monoisotopic (exact) mass is 283 g/mol. The highest BCUT2D eigenvalue weighted by Gasteiger charge is 2.41. The van der Waals surface area contributed by atoms with Gasteiger partial charge in [-0.25, -0.2) is 4.79 Å². The second-order valence-corrected chi connectivity index (χ2v) is 6.01. The molecule has 114 valence electrons. The molecule has 2 rings (SSSR count). The van der Waals surface area contributed by atoms with Gasteiger partial charge in [-0.3, -0.25) is 4.79 Å². The van der Waals surface area contributed by atoms with Crippen molar-refractivity contribution in [3.63, 3.8) is 0 Å². The first-order chi connectivity index (χ1) is 9.52. The number of hydrogen-bond acceptors (Lipinski definition) is 3. The topological polar surface area (TPSA) is 95.7 Å². The van der Waals surface area contributed by atoms with Gasteiger partial charge < -0.3 is 21.1 Å². The zero-order valence-corrected chi connectivity index (χ0v) is 12.0. The third kappa shape index (κ3) is 3.23. The van der Waals surface area contributed by atoms with Crippen LogP contribution in [0.25, 0.3) is 0 Å². The summed E-state index contributed by atoms with van der Waals surface area (Å²) in [5, 5.41) is 11.1. The van der Waals surface area contributed by atoms with Gasteiger partial charge in [0.2, 0.25) is 5.91 Å². The number of nitrogens with zero attached hydrogens (tertiary/aromatic N) is 1. The molecule has 1 heterocycles. The molecule has 0 unspecified atom stereocenters. The molecule has 0 aromatic rings. The molecular formula is C14H25N3O3. The first-order valence-corrected chi connectivity index (χ1v) is 7.58. The third-order valence-electron chi connectivity index (χ3n) is 4.58. The Bertz CT molecular complexity index is 375. The number of likely N-dealkylation sites (tertiary alicyclic amines) is 1. The van der Waals surface area contributed by atoms with E-state index in [4.69, 9.17) is 10.8 Å². The summed E-state index contributed by atoms with van der Waals surface area (Å²) in [5.41, 5.74) is 6.05. The van der Waals surface area contributed by atoms with Gasteiger partial charge in [0.25, 0.3) is 0 Å². The van der Waals surface area contributed by atoms with Crippen molar-refractivity contribution in [2.45, 2.75) is 63.6 Å². The van der Waals surface area contributed by atoms with Crippen LogP contribution in [-0.4, -0.2) is 46.7 Å². The van der Waals surface area contributed by atoms with Crippen molar-refractivity contribution in [2.24, 2.45) is 11.7 Å². The van der Waals surface area contributed by atoms with E-state index in [0.29, 0.717) is 18.9 Å². The van der Waals surface area contributed by atoms with Gasteiger partial charge in [0, 0.05) is 18.6 Å². The molecule has 2 aliphatic rings. The van der Waals surface area contributed by atoms with E-state index in [1.54, 1.807) is 0 Å². The summed E-state index contributed by atoms with van der Waals surface area (Å²) in [6.07, 6.45) is 4.49. The van der Waals surface area contributed by atoms with Crippen LogP contribution in [0.15, 0.2) is 0 Å². The smallest absolute Gasteiger partial charge is 0.405 e. The normalized spacial score (nSPS) is 34.3. The lowest BCUT2D eigenvalue weighted by atomic mass is 9.79. The molecule has 4 N–H and O–H groups in total. The molecule has 1 saturated carbocycles. The summed E-state index contributed by atoms with van der Waals surface area (Å²) in [6.45, 7) is 2.81. The lowest BCUT2D eigenvalue weighted by molar-refractivity contribution is -0.133. The van der Waals surface area contributed by atoms with Crippen LogP contribution < -0.4 is 11.1 Å². The number of carbonyl (C=O) groups excluding carboxylic acids is 1. The van der Waals surface area contributed by atoms with Crippen molar-refractivity contribution < 1.29 is 14.7 Å². The van der Waals surface area contributed by atoms with E-state index in [2.05, 4.69) is 12.2 Å². The highest BCUT2D eigenvalue weighted by molar-refractivity contribution is 5.87. The molecule has 1 saturated heterocycles. The number of nitrogens with one attached hydrogen (secondary N) is 1. The summed E-state index contributed by atoms with van der Waals surface area (Å²) in [7, 11) is 0. The molecule has 0 spiro atoms. The average molecular weight is 283 g/mol. The van der Waals surface area contributed by atoms with Crippen molar-refractivity contribution in [3.8, 4) is 0 Å². The van der Waals surface area contributed by atoms with Crippen molar-refractivity contribution in [2.75, 3.05) is 6.54 Å². The van der Waals surface area contributed by atoms with Crippen LogP contribution in [0.4, 0.5) is 4.79 Å². The minimum absolute atomic E-state index is 0.0611. The van der Waals surface area contributed by atoms with E-state index in [1.165, 1.54) is 0 Å². The van der Waals surface area contributed by atoms with Gasteiger partial charge in [-0.05, 0) is 38.0 Å². The Kier molecular flexibility index (Phi) is 4.86. The van der Waals surface area contributed by atoms with E-state index in [0.717, 1.165) is 32.1 Å². The Morgan fingerprint density at radius 2 is 2.20 bits per heavy atom. The first-order valence-electron chi connectivity index (χ1n) is 7.58. The van der Waals surface area contributed by atoms with E-state index in [-0.39, 0.29) is 18.0 Å². The van der Waals surface area contributed by atoms with Gasteiger partial charge in [0.1, 0.15) is 6.04 Å². The van der Waals surface area contributed by atoms with Crippen molar-refractivity contribution in [3.05, 3.63) is 0 Å². The lowest BCUT2D eigenvalue weighted by Gasteiger charge is -2.40. The fourth-order valence-electron chi connectivity index (χ4n) is 3.69. The zero-order chi connectivity index (χ0) is 14.7. The van der Waals surface area contributed by atoms with Gasteiger partial charge in [0.05, 0.1) is 0 Å². The number of hydrogen-bond donors (Lipinski definition) is 3. The number of carboxylic acid groups (broad SMARTS) is 1. The summed E-state index contributed by atoms with van der Waals surface area (Å²) < 4.78 is 0. The van der Waals surface area contributed by atoms with Crippen LogP contribution in [0.2, 0.25) is 0 Å². The maximum atomic E-state index is 12.3. The van der Waals surface area contributed by atoms with Crippen molar-refractivity contribution in [1.82, 2.24) is 10.2 Å². The van der Waals surface area contributed by atoms with Crippen LogP contribution in [-0.2, 0) is 4.79 Å². The van der Waals surface area contributed by atoms with Crippen LogP contribution in [0, 0.1) is 5.92 Å². The number of carbonyl (C=O) groups is 2. The second-order valence-electron chi connectivity index (χ2n) is 6.01. The molecule has 1 aliphatic heterocycles. The number of rotatable bonds is 4. The maximum Gasteiger partial charge on any atom is 0.405 e. The fourth-order valence-corrected chi connectivity index (χ4v) is 3.69. The predicted octanol–water partition coefficient (Wildman–Crippen LogP) is 1.15. The minimum atomic E-state index is -1.12. The molecule has 0 aromatic carbocycles. The maximum absolute atomic E-state index is 12.3. The zero-order valence-electron chi connectivity index (χ0n) is 12.0. The SMILES string of the molecule is CCC[C@H]1C[C@H](N)CC[C@@H]1N1CC[C@H](NC(=O)O)C1=O. The van der Waals surface area contributed by atoms with Crippen LogP contribution in [0.3, 0.4) is 0 Å². The highest BCUT2D eigenvalue weighted by Crippen LogP contribution is 2.33. The molecule has 6 heteroatoms. The fraction of sp³-hybridized carbons (Fsp3) is 0.857. The van der Waals surface area contributed by atoms with E-state index in [9.17, 15) is 9.59 Å². The Balaban J connectivity index is 2.02. The van der Waals surface area contributed by atoms with E-state index < -0.39 is 12.1 Å². The summed E-state index contributed by atoms with van der Waals surface area (Å²) in [4.78, 5) is 24.9. The van der Waals surface area contributed by atoms with Gasteiger partial charge in [0.15, 0.2) is 0 Å². The van der Waals surface area contributed by atoms with Gasteiger partial charge in [-0.2, -0.15) is 0 Å². The Morgan fingerprint density at radius 3 is 2.85 bits per heavy atom. The number of amides is 2. The second kappa shape index (κ2) is 6.43. The minimum Gasteiger partial charge on any atom is -0.465 e. The van der Waals surface area contributed by atoms with Gasteiger partial charge >= 0.3 is 6.09 Å². The molecule has 0 bridgehead atoms. The molecule has 1 aliphatic carbocycles. The molecule has 2 fully saturated rings. The van der Waals surface area contributed by atoms with Gasteiger partial charge in [-0.1, -0.05) is 13.3 Å².